The van der Waals surface area contributed by atoms with Crippen LogP contribution in [0.1, 0.15) is 16.4 Å². The Labute approximate surface area is 175 Å². The molecule has 0 radical (unpaired) electrons. The highest BCUT2D eigenvalue weighted by molar-refractivity contribution is 7.96. The molecule has 1 aliphatic heterocycles. The molecular weight excluding hydrogens is 434 g/mol. The van der Waals surface area contributed by atoms with Crippen LogP contribution in [0.3, 0.4) is 0 Å². The lowest BCUT2D eigenvalue weighted by Crippen LogP contribution is -2.16. The van der Waals surface area contributed by atoms with Gasteiger partial charge in [-0.1, -0.05) is 30.3 Å². The van der Waals surface area contributed by atoms with E-state index in [2.05, 4.69) is 4.98 Å². The molecule has 0 saturated carbocycles. The Morgan fingerprint density at radius 2 is 1.83 bits per heavy atom. The van der Waals surface area contributed by atoms with Crippen molar-refractivity contribution in [2.75, 3.05) is 5.75 Å². The molecule has 1 aromatic heterocycles. The molecule has 0 fully saturated rings. The smallest absolute Gasteiger partial charge is 0.186 e. The fraction of sp³-hybridized carbons (Fsp3) is 0.150. The lowest BCUT2D eigenvalue weighted by atomic mass is 10.2. The summed E-state index contributed by atoms with van der Waals surface area (Å²) in [5.74, 6) is -0.0609. The molecule has 6 nitrogen and oxygen atoms in total. The zero-order valence-electron chi connectivity index (χ0n) is 15.1. The Kier molecular flexibility index (Phi) is 5.97. The summed E-state index contributed by atoms with van der Waals surface area (Å²) in [7, 11) is -7.52. The molecule has 1 atom stereocenters. The minimum atomic E-state index is -3.90. The minimum absolute atomic E-state index is 0. The van der Waals surface area contributed by atoms with Gasteiger partial charge in [0.05, 0.1) is 15.5 Å². The van der Waals surface area contributed by atoms with Gasteiger partial charge in [-0.15, -0.1) is 12.4 Å². The average molecular weight is 452 g/mol. The number of fused-ring (bicyclic) bond motifs is 1. The van der Waals surface area contributed by atoms with Crippen molar-refractivity contribution in [3.05, 3.63) is 84.2 Å². The molecule has 0 amide bonds. The van der Waals surface area contributed by atoms with Crippen molar-refractivity contribution in [3.63, 3.8) is 0 Å². The van der Waals surface area contributed by atoms with Gasteiger partial charge in [-0.05, 0) is 35.9 Å². The van der Waals surface area contributed by atoms with Crippen LogP contribution in [-0.4, -0.2) is 27.6 Å². The summed E-state index contributed by atoms with van der Waals surface area (Å²) in [4.78, 5) is 4.13. The number of hydrogen-bond donors (Lipinski definition) is 0. The molecule has 0 bridgehead atoms. The van der Waals surface area contributed by atoms with Crippen LogP contribution < -0.4 is 4.74 Å². The molecule has 0 saturated heterocycles. The zero-order chi connectivity index (χ0) is 19.8. The van der Waals surface area contributed by atoms with Gasteiger partial charge in [0.1, 0.15) is 17.6 Å². The lowest BCUT2D eigenvalue weighted by Gasteiger charge is -2.13. The van der Waals surface area contributed by atoms with Crippen LogP contribution in [0, 0.1) is 0 Å². The summed E-state index contributed by atoms with van der Waals surface area (Å²) in [6.45, 7) is 0.248. The molecule has 4 rings (SSSR count). The van der Waals surface area contributed by atoms with E-state index in [4.69, 9.17) is 4.74 Å². The molecule has 0 N–H and O–H groups in total. The second-order valence-electron chi connectivity index (χ2n) is 6.48. The number of ether oxygens (including phenoxy) is 1. The van der Waals surface area contributed by atoms with Crippen molar-refractivity contribution in [3.8, 4) is 5.75 Å². The van der Waals surface area contributed by atoms with Crippen molar-refractivity contribution in [1.82, 2.24) is 4.98 Å². The fourth-order valence-electron chi connectivity index (χ4n) is 3.22. The predicted molar refractivity (Wildman–Crippen MR) is 111 cm³/mol. The summed E-state index contributed by atoms with van der Waals surface area (Å²) in [5, 5.41) is -1.12. The van der Waals surface area contributed by atoms with E-state index in [-0.39, 0.29) is 28.8 Å². The molecule has 1 unspecified atom stereocenters. The molecule has 9 heteroatoms. The SMILES string of the molecule is Cl.O=S1(=O)CC(S(=O)(=O)c2cccc(OCc3cccnc3)c2)c2ccccc21. The van der Waals surface area contributed by atoms with Crippen molar-refractivity contribution in [2.24, 2.45) is 0 Å². The van der Waals surface area contributed by atoms with E-state index in [0.29, 0.717) is 11.3 Å². The Morgan fingerprint density at radius 3 is 2.59 bits per heavy atom. The van der Waals surface area contributed by atoms with E-state index in [9.17, 15) is 16.8 Å². The summed E-state index contributed by atoms with van der Waals surface area (Å²) in [6, 6.07) is 16.0. The van der Waals surface area contributed by atoms with E-state index < -0.39 is 30.7 Å². The zero-order valence-corrected chi connectivity index (χ0v) is 17.6. The van der Waals surface area contributed by atoms with Crippen molar-refractivity contribution in [2.45, 2.75) is 21.6 Å². The molecule has 2 heterocycles. The van der Waals surface area contributed by atoms with Crippen molar-refractivity contribution >= 4 is 32.1 Å². The molecule has 3 aromatic rings. The summed E-state index contributed by atoms with van der Waals surface area (Å²) in [5.41, 5.74) is 1.18. The van der Waals surface area contributed by atoms with E-state index in [1.54, 1.807) is 48.8 Å². The average Bonchev–Trinajstić information content (AvgIpc) is 2.99. The number of rotatable bonds is 5. The first-order valence-electron chi connectivity index (χ1n) is 8.55. The summed E-state index contributed by atoms with van der Waals surface area (Å²) in [6.07, 6.45) is 3.32. The largest absolute Gasteiger partial charge is 0.489 e. The van der Waals surface area contributed by atoms with Gasteiger partial charge in [-0.3, -0.25) is 4.98 Å². The second kappa shape index (κ2) is 8.14. The molecular formula is C20H18ClNO5S2. The normalized spacial score (nSPS) is 17.2. The maximum absolute atomic E-state index is 13.2. The van der Waals surface area contributed by atoms with Gasteiger partial charge in [0.15, 0.2) is 19.7 Å². The highest BCUT2D eigenvalue weighted by atomic mass is 35.5. The first-order chi connectivity index (χ1) is 13.4. The Bertz CT molecular complexity index is 1230. The third-order valence-corrected chi connectivity index (χ3v) is 8.71. The minimum Gasteiger partial charge on any atom is -0.489 e. The van der Waals surface area contributed by atoms with E-state index >= 15 is 0 Å². The van der Waals surface area contributed by atoms with Gasteiger partial charge >= 0.3 is 0 Å². The van der Waals surface area contributed by atoms with Crippen molar-refractivity contribution < 1.29 is 21.6 Å². The number of benzene rings is 2. The monoisotopic (exact) mass is 451 g/mol. The molecule has 2 aromatic carbocycles. The number of halogens is 1. The van der Waals surface area contributed by atoms with Crippen molar-refractivity contribution in [1.29, 1.82) is 0 Å². The number of hydrogen-bond acceptors (Lipinski definition) is 6. The van der Waals surface area contributed by atoms with E-state index in [1.165, 1.54) is 18.2 Å². The first kappa shape index (κ1) is 21.3. The van der Waals surface area contributed by atoms with E-state index in [1.807, 2.05) is 6.07 Å². The van der Waals surface area contributed by atoms with Gasteiger partial charge in [0.25, 0.3) is 0 Å². The van der Waals surface area contributed by atoms with Gasteiger partial charge in [0.2, 0.25) is 0 Å². The summed E-state index contributed by atoms with van der Waals surface area (Å²) >= 11 is 0. The van der Waals surface area contributed by atoms with Crippen LogP contribution in [0.2, 0.25) is 0 Å². The molecule has 29 heavy (non-hydrogen) atoms. The summed E-state index contributed by atoms with van der Waals surface area (Å²) < 4.78 is 56.8. The van der Waals surface area contributed by atoms with E-state index in [0.717, 1.165) is 5.56 Å². The topological polar surface area (TPSA) is 90.4 Å². The van der Waals surface area contributed by atoms with Crippen LogP contribution in [0.5, 0.6) is 5.75 Å². The highest BCUT2D eigenvalue weighted by Crippen LogP contribution is 2.41. The maximum Gasteiger partial charge on any atom is 0.186 e. The molecule has 0 spiro atoms. The van der Waals surface area contributed by atoms with Gasteiger partial charge < -0.3 is 4.74 Å². The third-order valence-electron chi connectivity index (χ3n) is 4.61. The van der Waals surface area contributed by atoms with Crippen LogP contribution in [0.25, 0.3) is 0 Å². The van der Waals surface area contributed by atoms with Crippen LogP contribution in [0.4, 0.5) is 0 Å². The molecule has 0 aliphatic carbocycles. The van der Waals surface area contributed by atoms with Gasteiger partial charge in [0, 0.05) is 18.0 Å². The van der Waals surface area contributed by atoms with Gasteiger partial charge in [-0.2, -0.15) is 0 Å². The molecule has 1 aliphatic rings. The Hall–Kier alpha value is -2.42. The predicted octanol–water partition coefficient (Wildman–Crippen LogP) is 3.38. The fourth-order valence-corrected chi connectivity index (χ4v) is 7.58. The lowest BCUT2D eigenvalue weighted by molar-refractivity contribution is 0.305. The first-order valence-corrected chi connectivity index (χ1v) is 11.8. The van der Waals surface area contributed by atoms with Gasteiger partial charge in [-0.25, -0.2) is 16.8 Å². The Morgan fingerprint density at radius 1 is 1.03 bits per heavy atom. The quantitative estimate of drug-likeness (QED) is 0.590. The third kappa shape index (κ3) is 4.14. The standard InChI is InChI=1S/C20H17NO5S2.ClH/c22-27(23)14-20(18-8-1-2-9-19(18)27)28(24,25)17-7-3-6-16(11-17)26-13-15-5-4-10-21-12-15;/h1-12,20H,13-14H2;1H. The highest BCUT2D eigenvalue weighted by Gasteiger charge is 2.42. The number of aromatic nitrogens is 1. The maximum atomic E-state index is 13.2. The number of pyridine rings is 1. The second-order valence-corrected chi connectivity index (χ2v) is 10.6. The van der Waals surface area contributed by atoms with Crippen LogP contribution >= 0.6 is 12.4 Å². The van der Waals surface area contributed by atoms with Crippen LogP contribution in [0.15, 0.2) is 82.8 Å². The number of sulfone groups is 2. The number of nitrogens with zero attached hydrogens (tertiary/aromatic N) is 1. The Balaban J connectivity index is 0.00000240. The van der Waals surface area contributed by atoms with Crippen LogP contribution in [-0.2, 0) is 26.3 Å². The molecule has 152 valence electrons.